The summed E-state index contributed by atoms with van der Waals surface area (Å²) in [4.78, 5) is 29.6. The summed E-state index contributed by atoms with van der Waals surface area (Å²) in [6, 6.07) is 7.76. The molecule has 1 aliphatic carbocycles. The Morgan fingerprint density at radius 3 is 2.69 bits per heavy atom. The highest BCUT2D eigenvalue weighted by molar-refractivity contribution is 6.07. The Balaban J connectivity index is 1.30. The number of hydrogen-bond donors (Lipinski definition) is 1. The first-order valence-corrected chi connectivity index (χ1v) is 10.4. The number of amides is 2. The lowest BCUT2D eigenvalue weighted by molar-refractivity contribution is -0.191. The van der Waals surface area contributed by atoms with Crippen LogP contribution in [0.1, 0.15) is 23.2 Å². The molecule has 7 heteroatoms. The molecule has 0 unspecified atom stereocenters. The summed E-state index contributed by atoms with van der Waals surface area (Å²) in [5, 5.41) is 3.75. The second-order valence-corrected chi connectivity index (χ2v) is 8.83. The molecule has 0 bridgehead atoms. The molecule has 2 amide bonds. The van der Waals surface area contributed by atoms with Crippen LogP contribution in [0.3, 0.4) is 0 Å². The summed E-state index contributed by atoms with van der Waals surface area (Å²) in [5.41, 5.74) is 1.45. The average Bonchev–Trinajstić information content (AvgIpc) is 3.46. The Morgan fingerprint density at radius 2 is 1.97 bits per heavy atom. The van der Waals surface area contributed by atoms with Gasteiger partial charge in [0.25, 0.3) is 5.91 Å². The topological polar surface area (TPSA) is 66.8 Å². The van der Waals surface area contributed by atoms with Crippen LogP contribution in [0.2, 0.25) is 0 Å². The Labute approximate surface area is 170 Å². The van der Waals surface area contributed by atoms with Gasteiger partial charge in [0.05, 0.1) is 25.3 Å². The van der Waals surface area contributed by atoms with E-state index >= 15 is 0 Å². The lowest BCUT2D eigenvalue weighted by Crippen LogP contribution is -2.73. The molecule has 1 saturated carbocycles. The highest BCUT2D eigenvalue weighted by Gasteiger charge is 2.52. The number of benzene rings is 1. The highest BCUT2D eigenvalue weighted by atomic mass is 16.5. The second-order valence-electron chi connectivity index (χ2n) is 8.83. The molecule has 3 fully saturated rings. The van der Waals surface area contributed by atoms with Gasteiger partial charge in [-0.1, -0.05) is 18.2 Å². The monoisotopic (exact) mass is 396 g/mol. The van der Waals surface area contributed by atoms with E-state index in [1.807, 2.05) is 47.0 Å². The van der Waals surface area contributed by atoms with Gasteiger partial charge in [0.2, 0.25) is 5.91 Å². The number of likely N-dealkylation sites (N-methyl/N-ethyl adjacent to an activating group) is 1. The van der Waals surface area contributed by atoms with E-state index in [9.17, 15) is 9.59 Å². The largest absolute Gasteiger partial charge is 0.368 e. The van der Waals surface area contributed by atoms with Crippen molar-refractivity contribution in [2.45, 2.75) is 24.5 Å². The Hall–Kier alpha value is -2.38. The molecule has 2 aliphatic heterocycles. The van der Waals surface area contributed by atoms with Crippen LogP contribution in [-0.4, -0.2) is 77.7 Å². The third kappa shape index (κ3) is 3.22. The van der Waals surface area contributed by atoms with E-state index in [1.165, 1.54) is 12.8 Å². The molecule has 1 aromatic heterocycles. The maximum absolute atomic E-state index is 13.1. The molecule has 2 aromatic rings. The molecule has 1 atom stereocenters. The minimum absolute atomic E-state index is 0.0171. The van der Waals surface area contributed by atoms with Crippen molar-refractivity contribution in [2.75, 3.05) is 39.8 Å². The van der Waals surface area contributed by atoms with Crippen LogP contribution in [0.4, 0.5) is 0 Å². The third-order valence-corrected chi connectivity index (χ3v) is 6.59. The summed E-state index contributed by atoms with van der Waals surface area (Å²) < 4.78 is 8.18. The van der Waals surface area contributed by atoms with Crippen molar-refractivity contribution in [3.8, 4) is 0 Å². The van der Waals surface area contributed by atoms with Crippen LogP contribution in [0.15, 0.2) is 30.5 Å². The standard InChI is InChI=1S/C22H28N4O3/c1-23-20(27)19-11-29-22(12-25(19)9-15-7-8-15)13-26(14-22)21(28)17-10-24(2)18-6-4-3-5-16(17)18/h3-6,10,15,19H,7-9,11-14H2,1-2H3,(H,23,27)/t19-/m1/s1. The number of fused-ring (bicyclic) bond motifs is 1. The van der Waals surface area contributed by atoms with E-state index in [1.54, 1.807) is 7.05 Å². The van der Waals surface area contributed by atoms with Gasteiger partial charge < -0.3 is 19.5 Å². The number of carbonyl (C=O) groups is 2. The molecule has 1 N–H and O–H groups in total. The fraction of sp³-hybridized carbons (Fsp3) is 0.545. The summed E-state index contributed by atoms with van der Waals surface area (Å²) >= 11 is 0. The fourth-order valence-electron chi connectivity index (χ4n) is 4.79. The zero-order chi connectivity index (χ0) is 20.2. The van der Waals surface area contributed by atoms with Crippen LogP contribution in [0.25, 0.3) is 10.9 Å². The van der Waals surface area contributed by atoms with Crippen molar-refractivity contribution in [1.82, 2.24) is 19.7 Å². The molecule has 1 spiro atoms. The quantitative estimate of drug-likeness (QED) is 0.844. The summed E-state index contributed by atoms with van der Waals surface area (Å²) in [5.74, 6) is 0.771. The molecule has 29 heavy (non-hydrogen) atoms. The van der Waals surface area contributed by atoms with E-state index in [2.05, 4.69) is 10.2 Å². The number of hydrogen-bond acceptors (Lipinski definition) is 4. The Bertz CT molecular complexity index is 958. The molecular formula is C22H28N4O3. The zero-order valence-corrected chi connectivity index (χ0v) is 17.1. The SMILES string of the molecule is CNC(=O)[C@H]1COC2(CN(C(=O)c3cn(C)c4ccccc34)C2)CN1CC1CC1. The average molecular weight is 396 g/mol. The van der Waals surface area contributed by atoms with Crippen LogP contribution in [0, 0.1) is 5.92 Å². The number of aromatic nitrogens is 1. The second kappa shape index (κ2) is 6.85. The molecule has 7 nitrogen and oxygen atoms in total. The number of nitrogens with zero attached hydrogens (tertiary/aromatic N) is 3. The number of para-hydroxylation sites is 1. The lowest BCUT2D eigenvalue weighted by atomic mass is 9.89. The van der Waals surface area contributed by atoms with Gasteiger partial charge in [0, 0.05) is 44.3 Å². The summed E-state index contributed by atoms with van der Waals surface area (Å²) in [6.07, 6.45) is 4.41. The van der Waals surface area contributed by atoms with Crippen molar-refractivity contribution in [3.05, 3.63) is 36.0 Å². The first kappa shape index (κ1) is 18.6. The van der Waals surface area contributed by atoms with Crippen molar-refractivity contribution in [2.24, 2.45) is 13.0 Å². The van der Waals surface area contributed by atoms with Crippen LogP contribution in [-0.2, 0) is 16.6 Å². The van der Waals surface area contributed by atoms with E-state index in [0.29, 0.717) is 32.2 Å². The molecule has 0 radical (unpaired) electrons. The van der Waals surface area contributed by atoms with Crippen LogP contribution < -0.4 is 5.32 Å². The maximum atomic E-state index is 13.1. The Morgan fingerprint density at radius 1 is 1.21 bits per heavy atom. The Kier molecular flexibility index (Phi) is 4.40. The van der Waals surface area contributed by atoms with Gasteiger partial charge in [-0.25, -0.2) is 0 Å². The molecule has 2 saturated heterocycles. The molecular weight excluding hydrogens is 368 g/mol. The van der Waals surface area contributed by atoms with E-state index in [4.69, 9.17) is 4.74 Å². The summed E-state index contributed by atoms with van der Waals surface area (Å²) in [6.45, 7) is 3.21. The molecule has 5 rings (SSSR count). The van der Waals surface area contributed by atoms with Crippen molar-refractivity contribution in [1.29, 1.82) is 0 Å². The van der Waals surface area contributed by atoms with Gasteiger partial charge in [-0.3, -0.25) is 14.5 Å². The first-order valence-electron chi connectivity index (χ1n) is 10.4. The normalized spacial score (nSPS) is 23.9. The highest BCUT2D eigenvalue weighted by Crippen LogP contribution is 2.36. The lowest BCUT2D eigenvalue weighted by Gasteiger charge is -2.55. The van der Waals surface area contributed by atoms with Gasteiger partial charge >= 0.3 is 0 Å². The minimum Gasteiger partial charge on any atom is -0.368 e. The fourth-order valence-corrected chi connectivity index (χ4v) is 4.79. The number of aryl methyl sites for hydroxylation is 1. The predicted molar refractivity (Wildman–Crippen MR) is 110 cm³/mol. The molecule has 3 heterocycles. The van der Waals surface area contributed by atoms with E-state index in [0.717, 1.165) is 23.0 Å². The molecule has 154 valence electrons. The van der Waals surface area contributed by atoms with E-state index in [-0.39, 0.29) is 23.5 Å². The maximum Gasteiger partial charge on any atom is 0.256 e. The number of nitrogens with one attached hydrogen (secondary N) is 1. The van der Waals surface area contributed by atoms with Gasteiger partial charge in [-0.05, 0) is 24.8 Å². The molecule has 1 aromatic carbocycles. The van der Waals surface area contributed by atoms with Crippen molar-refractivity contribution in [3.63, 3.8) is 0 Å². The van der Waals surface area contributed by atoms with E-state index < -0.39 is 0 Å². The predicted octanol–water partition coefficient (Wildman–Crippen LogP) is 1.23. The number of rotatable bonds is 4. The molecule has 3 aliphatic rings. The number of morpholine rings is 1. The number of carbonyl (C=O) groups excluding carboxylic acids is 2. The van der Waals surface area contributed by atoms with Gasteiger partial charge in [-0.15, -0.1) is 0 Å². The van der Waals surface area contributed by atoms with Gasteiger partial charge in [0.1, 0.15) is 11.6 Å². The van der Waals surface area contributed by atoms with Crippen molar-refractivity contribution < 1.29 is 14.3 Å². The first-order chi connectivity index (χ1) is 14.0. The van der Waals surface area contributed by atoms with Crippen molar-refractivity contribution >= 4 is 22.7 Å². The number of likely N-dealkylation sites (tertiary alicyclic amines) is 1. The zero-order valence-electron chi connectivity index (χ0n) is 17.1. The van der Waals surface area contributed by atoms with Crippen LogP contribution in [0.5, 0.6) is 0 Å². The summed E-state index contributed by atoms with van der Waals surface area (Å²) in [7, 11) is 3.64. The number of ether oxygens (including phenoxy) is 1. The smallest absolute Gasteiger partial charge is 0.256 e. The van der Waals surface area contributed by atoms with Gasteiger partial charge in [0.15, 0.2) is 0 Å². The van der Waals surface area contributed by atoms with Crippen LogP contribution >= 0.6 is 0 Å². The van der Waals surface area contributed by atoms with Gasteiger partial charge in [-0.2, -0.15) is 0 Å². The minimum atomic E-state index is -0.348. The third-order valence-electron chi connectivity index (χ3n) is 6.59.